The van der Waals surface area contributed by atoms with Crippen molar-refractivity contribution < 1.29 is 30.3 Å². The second-order valence-electron chi connectivity index (χ2n) is 5.16. The summed E-state index contributed by atoms with van der Waals surface area (Å²) in [5.41, 5.74) is 0. The molecule has 6 heteroatoms. The van der Waals surface area contributed by atoms with Gasteiger partial charge in [0.1, 0.15) is 24.4 Å². The molecule has 4 atom stereocenters. The van der Waals surface area contributed by atoms with Crippen LogP contribution in [0.25, 0.3) is 0 Å². The van der Waals surface area contributed by atoms with Crippen molar-refractivity contribution in [3.05, 3.63) is 0 Å². The molecule has 120 valence electrons. The van der Waals surface area contributed by atoms with E-state index in [0.29, 0.717) is 6.42 Å². The van der Waals surface area contributed by atoms with Gasteiger partial charge in [0.25, 0.3) is 0 Å². The molecule has 0 spiro atoms. The maximum absolute atomic E-state index is 11.6. The standard InChI is InChI=1S/C14H28O6/c1-2-3-4-5-6-7-8-10(16)12(18)14(20)13(19)11(17)9-15/h11-15,17-20H,2-9H2,1H3/t11-,12+,13+,14-/m1/s1. The molecule has 0 rings (SSSR count). The Hall–Kier alpha value is -0.530. The average Bonchev–Trinajstić information content (AvgIpc) is 2.47. The molecular weight excluding hydrogens is 264 g/mol. The van der Waals surface area contributed by atoms with Crippen LogP contribution in [0.2, 0.25) is 0 Å². The highest BCUT2D eigenvalue weighted by atomic mass is 16.4. The Morgan fingerprint density at radius 1 is 0.900 bits per heavy atom. The van der Waals surface area contributed by atoms with Gasteiger partial charge in [-0.2, -0.15) is 0 Å². The Morgan fingerprint density at radius 2 is 1.45 bits per heavy atom. The first-order valence-electron chi connectivity index (χ1n) is 7.31. The molecule has 0 bridgehead atoms. The number of aliphatic hydroxyl groups excluding tert-OH is 5. The van der Waals surface area contributed by atoms with E-state index in [4.69, 9.17) is 10.2 Å². The van der Waals surface area contributed by atoms with Crippen LogP contribution in [0.1, 0.15) is 51.9 Å². The van der Waals surface area contributed by atoms with E-state index in [0.717, 1.165) is 25.7 Å². The van der Waals surface area contributed by atoms with Crippen LogP contribution in [0.15, 0.2) is 0 Å². The lowest BCUT2D eigenvalue weighted by atomic mass is 9.97. The summed E-state index contributed by atoms with van der Waals surface area (Å²) in [5, 5.41) is 46.3. The summed E-state index contributed by atoms with van der Waals surface area (Å²) in [4.78, 5) is 11.6. The van der Waals surface area contributed by atoms with Gasteiger partial charge in [-0.15, -0.1) is 0 Å². The monoisotopic (exact) mass is 292 g/mol. The van der Waals surface area contributed by atoms with Crippen LogP contribution in [-0.2, 0) is 4.79 Å². The molecule has 0 aromatic heterocycles. The molecule has 20 heavy (non-hydrogen) atoms. The van der Waals surface area contributed by atoms with Gasteiger partial charge in [0.05, 0.1) is 6.61 Å². The third kappa shape index (κ3) is 7.31. The molecule has 0 aliphatic rings. The molecule has 0 amide bonds. The molecule has 6 nitrogen and oxygen atoms in total. The van der Waals surface area contributed by atoms with Crippen LogP contribution in [0.4, 0.5) is 0 Å². The number of hydrogen-bond donors (Lipinski definition) is 5. The zero-order chi connectivity index (χ0) is 15.5. The SMILES string of the molecule is CCCCCCCCC(=O)[C@H](O)[C@@H](O)[C@@H](O)[C@H](O)CO. The van der Waals surface area contributed by atoms with Crippen molar-refractivity contribution >= 4 is 5.78 Å². The molecule has 0 unspecified atom stereocenters. The number of hydrogen-bond acceptors (Lipinski definition) is 6. The Morgan fingerprint density at radius 3 is 2.00 bits per heavy atom. The topological polar surface area (TPSA) is 118 Å². The van der Waals surface area contributed by atoms with E-state index in [1.54, 1.807) is 0 Å². The number of aliphatic hydroxyl groups is 5. The lowest BCUT2D eigenvalue weighted by molar-refractivity contribution is -0.147. The van der Waals surface area contributed by atoms with E-state index >= 15 is 0 Å². The highest BCUT2D eigenvalue weighted by Crippen LogP contribution is 2.11. The Labute approximate surface area is 120 Å². The molecule has 0 aliphatic heterocycles. The van der Waals surface area contributed by atoms with Gasteiger partial charge >= 0.3 is 0 Å². The van der Waals surface area contributed by atoms with Gasteiger partial charge in [-0.1, -0.05) is 39.0 Å². The first-order valence-corrected chi connectivity index (χ1v) is 7.31. The highest BCUT2D eigenvalue weighted by molar-refractivity contribution is 5.83. The third-order valence-electron chi connectivity index (χ3n) is 3.36. The largest absolute Gasteiger partial charge is 0.394 e. The molecule has 0 fully saturated rings. The summed E-state index contributed by atoms with van der Waals surface area (Å²) >= 11 is 0. The van der Waals surface area contributed by atoms with E-state index in [1.165, 1.54) is 6.42 Å². The summed E-state index contributed by atoms with van der Waals surface area (Å²) in [7, 11) is 0. The fourth-order valence-electron chi connectivity index (χ4n) is 1.94. The maximum atomic E-state index is 11.6. The average molecular weight is 292 g/mol. The number of ketones is 1. The second-order valence-corrected chi connectivity index (χ2v) is 5.16. The van der Waals surface area contributed by atoms with E-state index in [-0.39, 0.29) is 6.42 Å². The van der Waals surface area contributed by atoms with Crippen LogP contribution < -0.4 is 0 Å². The third-order valence-corrected chi connectivity index (χ3v) is 3.36. The summed E-state index contributed by atoms with van der Waals surface area (Å²) in [5.74, 6) is -0.558. The molecule has 0 aliphatic carbocycles. The predicted molar refractivity (Wildman–Crippen MR) is 74.1 cm³/mol. The lowest BCUT2D eigenvalue weighted by Gasteiger charge is -2.24. The second kappa shape index (κ2) is 11.2. The zero-order valence-electron chi connectivity index (χ0n) is 12.1. The van der Waals surface area contributed by atoms with Crippen molar-refractivity contribution in [3.8, 4) is 0 Å². The van der Waals surface area contributed by atoms with Crippen molar-refractivity contribution in [1.29, 1.82) is 0 Å². The van der Waals surface area contributed by atoms with Crippen LogP contribution >= 0.6 is 0 Å². The minimum Gasteiger partial charge on any atom is -0.394 e. The van der Waals surface area contributed by atoms with E-state index in [9.17, 15) is 20.1 Å². The summed E-state index contributed by atoms with van der Waals surface area (Å²) in [6, 6.07) is 0. The van der Waals surface area contributed by atoms with Gasteiger partial charge < -0.3 is 25.5 Å². The van der Waals surface area contributed by atoms with Crippen molar-refractivity contribution in [3.63, 3.8) is 0 Å². The molecule has 0 aromatic carbocycles. The number of carbonyl (C=O) groups excluding carboxylic acids is 1. The van der Waals surface area contributed by atoms with Gasteiger partial charge in [-0.3, -0.25) is 4.79 Å². The number of unbranched alkanes of at least 4 members (excludes halogenated alkanes) is 5. The summed E-state index contributed by atoms with van der Waals surface area (Å²) < 4.78 is 0. The maximum Gasteiger partial charge on any atom is 0.164 e. The normalized spacial score (nSPS) is 17.5. The van der Waals surface area contributed by atoms with Gasteiger partial charge in [0.15, 0.2) is 5.78 Å². The smallest absolute Gasteiger partial charge is 0.164 e. The molecule has 0 saturated heterocycles. The van der Waals surface area contributed by atoms with Gasteiger partial charge in [0, 0.05) is 6.42 Å². The van der Waals surface area contributed by atoms with Crippen molar-refractivity contribution in [2.75, 3.05) is 6.61 Å². The summed E-state index contributed by atoms with van der Waals surface area (Å²) in [6.07, 6.45) is -0.733. The van der Waals surface area contributed by atoms with Gasteiger partial charge in [-0.25, -0.2) is 0 Å². The van der Waals surface area contributed by atoms with Crippen LogP contribution in [-0.4, -0.2) is 62.3 Å². The zero-order valence-corrected chi connectivity index (χ0v) is 12.1. The predicted octanol–water partition coefficient (Wildman–Crippen LogP) is -0.258. The number of rotatable bonds is 12. The molecular formula is C14H28O6. The number of Topliss-reactive ketones (excluding diaryl/α,β-unsaturated/α-hetero) is 1. The fraction of sp³-hybridized carbons (Fsp3) is 0.929. The molecule has 5 N–H and O–H groups in total. The molecule has 0 saturated carbocycles. The highest BCUT2D eigenvalue weighted by Gasteiger charge is 2.33. The lowest BCUT2D eigenvalue weighted by Crippen LogP contribution is -2.48. The van der Waals surface area contributed by atoms with Crippen molar-refractivity contribution in [1.82, 2.24) is 0 Å². The summed E-state index contributed by atoms with van der Waals surface area (Å²) in [6.45, 7) is 1.37. The number of carbonyl (C=O) groups is 1. The Bertz CT molecular complexity index is 258. The quantitative estimate of drug-likeness (QED) is 0.316. The van der Waals surface area contributed by atoms with E-state index in [2.05, 4.69) is 6.92 Å². The van der Waals surface area contributed by atoms with Gasteiger partial charge in [-0.05, 0) is 6.42 Å². The van der Waals surface area contributed by atoms with Crippen molar-refractivity contribution in [2.24, 2.45) is 0 Å². The molecule has 0 heterocycles. The minimum absolute atomic E-state index is 0.131. The Balaban J connectivity index is 3.96. The van der Waals surface area contributed by atoms with Crippen LogP contribution in [0.3, 0.4) is 0 Å². The van der Waals surface area contributed by atoms with Gasteiger partial charge in [0.2, 0.25) is 0 Å². The van der Waals surface area contributed by atoms with Crippen LogP contribution in [0.5, 0.6) is 0 Å². The Kier molecular flexibility index (Phi) is 10.9. The van der Waals surface area contributed by atoms with Crippen molar-refractivity contribution in [2.45, 2.75) is 76.3 Å². The van der Waals surface area contributed by atoms with Crippen LogP contribution in [0, 0.1) is 0 Å². The first-order chi connectivity index (χ1) is 9.45. The molecule has 0 radical (unpaired) electrons. The molecule has 0 aromatic rings. The minimum atomic E-state index is -1.79. The van der Waals surface area contributed by atoms with E-state index < -0.39 is 36.8 Å². The van der Waals surface area contributed by atoms with E-state index in [1.807, 2.05) is 0 Å². The first kappa shape index (κ1) is 19.5. The fourth-order valence-corrected chi connectivity index (χ4v) is 1.94.